The van der Waals surface area contributed by atoms with Crippen molar-refractivity contribution in [2.45, 2.75) is 70.0 Å². The number of carboxylic acids is 1. The zero-order valence-electron chi connectivity index (χ0n) is 11.6. The van der Waals surface area contributed by atoms with Crippen LogP contribution in [0.15, 0.2) is 0 Å². The Balaban J connectivity index is 1.99. The molecular weight excluding hydrogens is 228 g/mol. The van der Waals surface area contributed by atoms with Crippen molar-refractivity contribution in [2.75, 3.05) is 13.1 Å². The van der Waals surface area contributed by atoms with Gasteiger partial charge in [0.1, 0.15) is 5.54 Å². The third kappa shape index (κ3) is 3.23. The minimum absolute atomic E-state index is 0.427. The summed E-state index contributed by atoms with van der Waals surface area (Å²) in [7, 11) is 0. The molecule has 0 aromatic rings. The van der Waals surface area contributed by atoms with Gasteiger partial charge in [-0.05, 0) is 45.6 Å². The van der Waals surface area contributed by atoms with Crippen LogP contribution in [0.2, 0.25) is 0 Å². The predicted octanol–water partition coefficient (Wildman–Crippen LogP) is 1.85. The average Bonchev–Trinajstić information content (AvgIpc) is 3.13. The van der Waals surface area contributed by atoms with Crippen molar-refractivity contribution in [1.29, 1.82) is 0 Å². The van der Waals surface area contributed by atoms with E-state index in [0.717, 1.165) is 25.8 Å². The van der Waals surface area contributed by atoms with Gasteiger partial charge in [0.15, 0.2) is 0 Å². The first-order valence-electron chi connectivity index (χ1n) is 7.30. The van der Waals surface area contributed by atoms with Crippen molar-refractivity contribution in [2.24, 2.45) is 0 Å². The Morgan fingerprint density at radius 2 is 2.11 bits per heavy atom. The zero-order chi connectivity index (χ0) is 13.2. The van der Waals surface area contributed by atoms with Crippen molar-refractivity contribution in [3.05, 3.63) is 0 Å². The molecule has 2 atom stereocenters. The minimum atomic E-state index is -0.786. The Kier molecular flexibility index (Phi) is 4.28. The van der Waals surface area contributed by atoms with Crippen molar-refractivity contribution in [1.82, 2.24) is 10.2 Å². The summed E-state index contributed by atoms with van der Waals surface area (Å²) in [5, 5.41) is 12.8. The van der Waals surface area contributed by atoms with E-state index in [9.17, 15) is 9.90 Å². The van der Waals surface area contributed by atoms with Gasteiger partial charge in [0.2, 0.25) is 0 Å². The monoisotopic (exact) mass is 254 g/mol. The lowest BCUT2D eigenvalue weighted by Crippen LogP contribution is -2.59. The predicted molar refractivity (Wildman–Crippen MR) is 71.7 cm³/mol. The zero-order valence-corrected chi connectivity index (χ0v) is 11.6. The normalized spacial score (nSPS) is 28.9. The smallest absolute Gasteiger partial charge is 0.324 e. The lowest BCUT2D eigenvalue weighted by Gasteiger charge is -2.40. The molecule has 2 aliphatic rings. The molecule has 1 saturated carbocycles. The summed E-state index contributed by atoms with van der Waals surface area (Å²) in [5.41, 5.74) is -0.786. The highest BCUT2D eigenvalue weighted by Gasteiger charge is 2.41. The van der Waals surface area contributed by atoms with Gasteiger partial charge in [-0.1, -0.05) is 13.3 Å². The third-order valence-electron chi connectivity index (χ3n) is 4.31. The minimum Gasteiger partial charge on any atom is -0.480 e. The topological polar surface area (TPSA) is 52.6 Å². The second-order valence-electron chi connectivity index (χ2n) is 6.08. The van der Waals surface area contributed by atoms with E-state index >= 15 is 0 Å². The Hall–Kier alpha value is -0.610. The van der Waals surface area contributed by atoms with E-state index in [1.807, 2.05) is 6.92 Å². The van der Waals surface area contributed by atoms with Gasteiger partial charge < -0.3 is 5.11 Å². The number of hydrogen-bond acceptors (Lipinski definition) is 3. The van der Waals surface area contributed by atoms with Gasteiger partial charge >= 0.3 is 5.97 Å². The highest BCUT2D eigenvalue weighted by molar-refractivity contribution is 5.78. The van der Waals surface area contributed by atoms with Crippen LogP contribution in [0.3, 0.4) is 0 Å². The van der Waals surface area contributed by atoms with Crippen LogP contribution in [-0.2, 0) is 4.79 Å². The summed E-state index contributed by atoms with van der Waals surface area (Å²) in [6.45, 7) is 5.73. The molecule has 0 amide bonds. The van der Waals surface area contributed by atoms with E-state index in [1.54, 1.807) is 0 Å². The van der Waals surface area contributed by atoms with E-state index < -0.39 is 11.5 Å². The van der Waals surface area contributed by atoms with Gasteiger partial charge in [0.25, 0.3) is 0 Å². The average molecular weight is 254 g/mol. The summed E-state index contributed by atoms with van der Waals surface area (Å²) in [4.78, 5) is 13.9. The maximum absolute atomic E-state index is 11.6. The first-order valence-corrected chi connectivity index (χ1v) is 7.30. The van der Waals surface area contributed by atoms with Gasteiger partial charge in [0, 0.05) is 18.6 Å². The first-order chi connectivity index (χ1) is 8.55. The summed E-state index contributed by atoms with van der Waals surface area (Å²) in [6, 6.07) is 0.995. The fourth-order valence-corrected chi connectivity index (χ4v) is 2.99. The van der Waals surface area contributed by atoms with Crippen LogP contribution >= 0.6 is 0 Å². The lowest BCUT2D eigenvalue weighted by molar-refractivity contribution is -0.145. The third-order valence-corrected chi connectivity index (χ3v) is 4.31. The van der Waals surface area contributed by atoms with E-state index in [4.69, 9.17) is 0 Å². The Labute approximate surface area is 110 Å². The Bertz CT molecular complexity index is 304. The molecule has 1 heterocycles. The van der Waals surface area contributed by atoms with E-state index in [0.29, 0.717) is 18.6 Å². The number of carbonyl (C=O) groups is 1. The largest absolute Gasteiger partial charge is 0.480 e. The molecule has 4 heteroatoms. The van der Waals surface area contributed by atoms with Crippen LogP contribution in [-0.4, -0.2) is 46.7 Å². The summed E-state index contributed by atoms with van der Waals surface area (Å²) in [5.74, 6) is -0.713. The molecule has 0 spiro atoms. The fraction of sp³-hybridized carbons (Fsp3) is 0.929. The van der Waals surface area contributed by atoms with Crippen molar-refractivity contribution >= 4 is 5.97 Å². The molecule has 1 saturated heterocycles. The second-order valence-corrected chi connectivity index (χ2v) is 6.08. The van der Waals surface area contributed by atoms with Crippen molar-refractivity contribution in [3.63, 3.8) is 0 Å². The standard InChI is InChI=1S/C14H26N2O2/c1-3-12-6-4-5-9-16(12)10-14(2,13(17)18)15-11-7-8-11/h11-12,15H,3-10H2,1-2H3,(H,17,18). The molecular formula is C14H26N2O2. The second kappa shape index (κ2) is 5.57. The maximum Gasteiger partial charge on any atom is 0.324 e. The van der Waals surface area contributed by atoms with E-state index in [-0.39, 0.29) is 0 Å². The highest BCUT2D eigenvalue weighted by atomic mass is 16.4. The fourth-order valence-electron chi connectivity index (χ4n) is 2.99. The molecule has 1 aliphatic heterocycles. The molecule has 2 fully saturated rings. The Morgan fingerprint density at radius 1 is 1.39 bits per heavy atom. The quantitative estimate of drug-likeness (QED) is 0.759. The van der Waals surface area contributed by atoms with Crippen molar-refractivity contribution in [3.8, 4) is 0 Å². The molecule has 2 N–H and O–H groups in total. The van der Waals surface area contributed by atoms with Crippen molar-refractivity contribution < 1.29 is 9.90 Å². The van der Waals surface area contributed by atoms with Gasteiger partial charge in [-0.15, -0.1) is 0 Å². The van der Waals surface area contributed by atoms with Gasteiger partial charge in [-0.3, -0.25) is 15.0 Å². The number of hydrogen-bond donors (Lipinski definition) is 2. The number of nitrogens with one attached hydrogen (secondary N) is 1. The van der Waals surface area contributed by atoms with Crippen LogP contribution in [0.5, 0.6) is 0 Å². The summed E-state index contributed by atoms with van der Waals surface area (Å²) < 4.78 is 0. The van der Waals surface area contributed by atoms with Crippen LogP contribution in [0.4, 0.5) is 0 Å². The number of rotatable bonds is 6. The lowest BCUT2D eigenvalue weighted by atomic mass is 9.95. The molecule has 2 unspecified atom stereocenters. The number of carboxylic acid groups (broad SMARTS) is 1. The number of nitrogens with zero attached hydrogens (tertiary/aromatic N) is 1. The van der Waals surface area contributed by atoms with Gasteiger partial charge in [-0.2, -0.15) is 0 Å². The number of likely N-dealkylation sites (tertiary alicyclic amines) is 1. The Morgan fingerprint density at radius 3 is 2.67 bits per heavy atom. The highest BCUT2D eigenvalue weighted by Crippen LogP contribution is 2.26. The number of aliphatic carboxylic acids is 1. The molecule has 0 aromatic heterocycles. The molecule has 0 radical (unpaired) electrons. The maximum atomic E-state index is 11.6. The van der Waals surface area contributed by atoms with E-state index in [1.165, 1.54) is 19.3 Å². The molecule has 2 rings (SSSR count). The molecule has 18 heavy (non-hydrogen) atoms. The van der Waals surface area contributed by atoms with Crippen LogP contribution in [0.1, 0.15) is 52.4 Å². The van der Waals surface area contributed by atoms with Gasteiger partial charge in [-0.25, -0.2) is 0 Å². The first kappa shape index (κ1) is 13.8. The summed E-state index contributed by atoms with van der Waals surface area (Å²) in [6.07, 6.45) is 7.08. The SMILES string of the molecule is CCC1CCCCN1CC(C)(NC1CC1)C(=O)O. The number of piperidine rings is 1. The van der Waals surface area contributed by atoms with Gasteiger partial charge in [0.05, 0.1) is 0 Å². The molecule has 0 aromatic carbocycles. The molecule has 0 bridgehead atoms. The van der Waals surface area contributed by atoms with Crippen LogP contribution < -0.4 is 5.32 Å². The van der Waals surface area contributed by atoms with E-state index in [2.05, 4.69) is 17.1 Å². The van der Waals surface area contributed by atoms with Crippen LogP contribution in [0, 0.1) is 0 Å². The van der Waals surface area contributed by atoms with Crippen LogP contribution in [0.25, 0.3) is 0 Å². The molecule has 1 aliphatic carbocycles. The molecule has 104 valence electrons. The molecule has 4 nitrogen and oxygen atoms in total. The summed E-state index contributed by atoms with van der Waals surface area (Å²) >= 11 is 0.